The SMILES string of the molecule is COC(=O)C(CCc1ccc(CN)cc1)NC(=O)CNC(=O)CC(C)NC(=O)CNC=O. The number of aryl methyl sites for hydroxylation is 1. The summed E-state index contributed by atoms with van der Waals surface area (Å²) in [4.78, 5) is 57.9. The number of rotatable bonds is 14. The van der Waals surface area contributed by atoms with Gasteiger partial charge in [0.2, 0.25) is 24.1 Å². The highest BCUT2D eigenvalue weighted by Gasteiger charge is 2.22. The van der Waals surface area contributed by atoms with Gasteiger partial charge >= 0.3 is 5.97 Å². The molecule has 0 aliphatic rings. The van der Waals surface area contributed by atoms with Gasteiger partial charge in [-0.05, 0) is 30.9 Å². The van der Waals surface area contributed by atoms with Crippen LogP contribution in [0.1, 0.15) is 30.9 Å². The third kappa shape index (κ3) is 10.5. The van der Waals surface area contributed by atoms with E-state index in [9.17, 15) is 24.0 Å². The zero-order valence-corrected chi connectivity index (χ0v) is 18.3. The molecule has 2 atom stereocenters. The maximum Gasteiger partial charge on any atom is 0.328 e. The number of nitrogens with one attached hydrogen (secondary N) is 4. The first-order valence-corrected chi connectivity index (χ1v) is 10.2. The molecule has 0 aromatic heterocycles. The maximum atomic E-state index is 12.2. The van der Waals surface area contributed by atoms with Gasteiger partial charge in [0, 0.05) is 19.0 Å². The second-order valence-corrected chi connectivity index (χ2v) is 7.15. The summed E-state index contributed by atoms with van der Waals surface area (Å²) in [6.07, 6.45) is 1.20. The molecule has 0 spiro atoms. The van der Waals surface area contributed by atoms with Crippen molar-refractivity contribution in [1.82, 2.24) is 21.3 Å². The van der Waals surface area contributed by atoms with Crippen molar-refractivity contribution >= 4 is 30.1 Å². The average molecular weight is 450 g/mol. The van der Waals surface area contributed by atoms with Crippen LogP contribution in [0.5, 0.6) is 0 Å². The Balaban J connectivity index is 2.45. The fourth-order valence-electron chi connectivity index (χ4n) is 2.83. The van der Waals surface area contributed by atoms with Crippen molar-refractivity contribution in [2.75, 3.05) is 20.2 Å². The second kappa shape index (κ2) is 14.5. The normalized spacial score (nSPS) is 12.1. The molecule has 6 N–H and O–H groups in total. The van der Waals surface area contributed by atoms with E-state index in [1.54, 1.807) is 6.92 Å². The van der Waals surface area contributed by atoms with E-state index in [1.807, 2.05) is 24.3 Å². The lowest BCUT2D eigenvalue weighted by Gasteiger charge is -2.17. The van der Waals surface area contributed by atoms with Crippen molar-refractivity contribution < 1.29 is 28.7 Å². The highest BCUT2D eigenvalue weighted by atomic mass is 16.5. The Labute approximate surface area is 186 Å². The Kier molecular flexibility index (Phi) is 12.1. The summed E-state index contributed by atoms with van der Waals surface area (Å²) in [5.74, 6) is -2.01. The van der Waals surface area contributed by atoms with Gasteiger partial charge in [0.05, 0.1) is 20.2 Å². The van der Waals surface area contributed by atoms with Crippen molar-refractivity contribution in [3.05, 3.63) is 35.4 Å². The third-order valence-electron chi connectivity index (χ3n) is 4.49. The molecule has 0 aliphatic heterocycles. The van der Waals surface area contributed by atoms with Gasteiger partial charge in [0.25, 0.3) is 0 Å². The van der Waals surface area contributed by atoms with E-state index in [0.29, 0.717) is 25.8 Å². The highest BCUT2D eigenvalue weighted by molar-refractivity contribution is 5.88. The van der Waals surface area contributed by atoms with Crippen LogP contribution in [0.2, 0.25) is 0 Å². The van der Waals surface area contributed by atoms with E-state index in [0.717, 1.165) is 11.1 Å². The summed E-state index contributed by atoms with van der Waals surface area (Å²) in [5, 5.41) is 9.76. The van der Waals surface area contributed by atoms with E-state index in [-0.39, 0.29) is 19.5 Å². The first-order valence-electron chi connectivity index (χ1n) is 10.2. The predicted molar refractivity (Wildman–Crippen MR) is 116 cm³/mol. The number of ether oxygens (including phenoxy) is 1. The number of hydrogen-bond acceptors (Lipinski definition) is 7. The Bertz CT molecular complexity index is 783. The molecule has 0 radical (unpaired) electrons. The Morgan fingerprint density at radius 3 is 2.22 bits per heavy atom. The number of methoxy groups -OCH3 is 1. The van der Waals surface area contributed by atoms with Gasteiger partial charge in [-0.1, -0.05) is 24.3 Å². The molecule has 32 heavy (non-hydrogen) atoms. The number of hydrogen-bond donors (Lipinski definition) is 5. The van der Waals surface area contributed by atoms with Crippen LogP contribution in [0.4, 0.5) is 0 Å². The van der Waals surface area contributed by atoms with Crippen molar-refractivity contribution in [2.45, 2.75) is 44.8 Å². The summed E-state index contributed by atoms with van der Waals surface area (Å²) in [7, 11) is 1.24. The maximum absolute atomic E-state index is 12.2. The van der Waals surface area contributed by atoms with E-state index in [4.69, 9.17) is 10.5 Å². The zero-order chi connectivity index (χ0) is 23.9. The molecule has 1 rings (SSSR count). The number of benzene rings is 1. The van der Waals surface area contributed by atoms with E-state index in [2.05, 4.69) is 21.3 Å². The first kappa shape index (κ1) is 26.6. The van der Waals surface area contributed by atoms with Crippen LogP contribution in [0.25, 0.3) is 0 Å². The summed E-state index contributed by atoms with van der Waals surface area (Å²) in [6, 6.07) is 6.27. The number of carbonyl (C=O) groups excluding carboxylic acids is 5. The smallest absolute Gasteiger partial charge is 0.328 e. The lowest BCUT2D eigenvalue weighted by molar-refractivity contribution is -0.145. The topological polar surface area (TPSA) is 169 Å². The molecule has 11 nitrogen and oxygen atoms in total. The minimum absolute atomic E-state index is 0.0562. The van der Waals surface area contributed by atoms with Crippen LogP contribution in [-0.2, 0) is 41.7 Å². The standard InChI is InChI=1S/C21H31N5O6/c1-14(25-19(29)11-23-13-27)9-18(28)24-12-20(30)26-17(21(31)32-2)8-7-15-3-5-16(10-22)6-4-15/h3-6,13-14,17H,7-12,22H2,1-2H3,(H,23,27)(H,24,28)(H,25,29)(H,26,30). The molecular weight excluding hydrogens is 418 g/mol. The van der Waals surface area contributed by atoms with Gasteiger partial charge in [-0.3, -0.25) is 19.2 Å². The highest BCUT2D eigenvalue weighted by Crippen LogP contribution is 2.09. The summed E-state index contributed by atoms with van der Waals surface area (Å²) in [6.45, 7) is 1.54. The predicted octanol–water partition coefficient (Wildman–Crippen LogP) is -1.51. The van der Waals surface area contributed by atoms with Crippen molar-refractivity contribution in [1.29, 1.82) is 0 Å². The fourth-order valence-corrected chi connectivity index (χ4v) is 2.83. The lowest BCUT2D eigenvalue weighted by Crippen LogP contribution is -2.47. The molecule has 1 aromatic rings. The molecule has 176 valence electrons. The molecule has 2 unspecified atom stereocenters. The number of carbonyl (C=O) groups is 5. The summed E-state index contributed by atoms with van der Waals surface area (Å²) in [5.41, 5.74) is 7.56. The van der Waals surface area contributed by atoms with E-state index < -0.39 is 35.8 Å². The van der Waals surface area contributed by atoms with Crippen LogP contribution in [0, 0.1) is 0 Å². The van der Waals surface area contributed by atoms with Gasteiger partial charge in [0.15, 0.2) is 0 Å². The largest absolute Gasteiger partial charge is 0.467 e. The minimum Gasteiger partial charge on any atom is -0.467 e. The lowest BCUT2D eigenvalue weighted by atomic mass is 10.0. The van der Waals surface area contributed by atoms with Gasteiger partial charge in [-0.25, -0.2) is 4.79 Å². The molecule has 0 saturated carbocycles. The van der Waals surface area contributed by atoms with Crippen LogP contribution in [-0.4, -0.2) is 62.4 Å². The molecule has 0 aliphatic carbocycles. The Hall–Kier alpha value is -3.47. The number of esters is 1. The van der Waals surface area contributed by atoms with Gasteiger partial charge < -0.3 is 31.7 Å². The molecular formula is C21H31N5O6. The van der Waals surface area contributed by atoms with Gasteiger partial charge in [-0.15, -0.1) is 0 Å². The minimum atomic E-state index is -0.859. The molecule has 11 heteroatoms. The molecule has 0 heterocycles. The van der Waals surface area contributed by atoms with Crippen molar-refractivity contribution in [3.8, 4) is 0 Å². The quantitative estimate of drug-likeness (QED) is 0.170. The van der Waals surface area contributed by atoms with Crippen molar-refractivity contribution in [2.24, 2.45) is 5.73 Å². The van der Waals surface area contributed by atoms with Crippen LogP contribution in [0.15, 0.2) is 24.3 Å². The van der Waals surface area contributed by atoms with Crippen LogP contribution in [0.3, 0.4) is 0 Å². The molecule has 0 saturated heterocycles. The second-order valence-electron chi connectivity index (χ2n) is 7.15. The summed E-state index contributed by atoms with van der Waals surface area (Å²) < 4.78 is 4.76. The third-order valence-corrected chi connectivity index (χ3v) is 4.49. The Morgan fingerprint density at radius 1 is 1.00 bits per heavy atom. The number of amides is 4. The van der Waals surface area contributed by atoms with Crippen LogP contribution < -0.4 is 27.0 Å². The average Bonchev–Trinajstić information content (AvgIpc) is 2.78. The van der Waals surface area contributed by atoms with E-state index >= 15 is 0 Å². The first-order chi connectivity index (χ1) is 15.3. The molecule has 1 aromatic carbocycles. The summed E-state index contributed by atoms with van der Waals surface area (Å²) >= 11 is 0. The number of nitrogens with two attached hydrogens (primary N) is 1. The molecule has 4 amide bonds. The van der Waals surface area contributed by atoms with Crippen LogP contribution >= 0.6 is 0 Å². The van der Waals surface area contributed by atoms with E-state index in [1.165, 1.54) is 7.11 Å². The zero-order valence-electron chi connectivity index (χ0n) is 18.3. The van der Waals surface area contributed by atoms with Gasteiger partial charge in [-0.2, -0.15) is 0 Å². The molecule has 0 fully saturated rings. The van der Waals surface area contributed by atoms with Gasteiger partial charge in [0.1, 0.15) is 6.04 Å². The van der Waals surface area contributed by atoms with Crippen molar-refractivity contribution in [3.63, 3.8) is 0 Å². The monoisotopic (exact) mass is 449 g/mol. The molecule has 0 bridgehead atoms. The Morgan fingerprint density at radius 2 is 1.62 bits per heavy atom. The fraction of sp³-hybridized carbons (Fsp3) is 0.476.